The Balaban J connectivity index is 2.91. The number of amides is 1. The van der Waals surface area contributed by atoms with Crippen molar-refractivity contribution >= 4 is 17.5 Å². The smallest absolute Gasteiger partial charge is 0.255 e. The second-order valence-electron chi connectivity index (χ2n) is 3.50. The highest BCUT2D eigenvalue weighted by atomic mass is 35.5. The van der Waals surface area contributed by atoms with E-state index in [1.165, 1.54) is 0 Å². The Morgan fingerprint density at radius 3 is 2.67 bits per heavy atom. The molecule has 1 amide bonds. The van der Waals surface area contributed by atoms with Crippen molar-refractivity contribution < 1.29 is 4.79 Å². The van der Waals surface area contributed by atoms with Crippen LogP contribution in [0.5, 0.6) is 0 Å². The number of carbonyl (C=O) groups excluding carboxylic acids is 1. The van der Waals surface area contributed by atoms with Gasteiger partial charge in [0.15, 0.2) is 0 Å². The predicted octanol–water partition coefficient (Wildman–Crippen LogP) is 2.01. The van der Waals surface area contributed by atoms with E-state index in [4.69, 9.17) is 11.6 Å². The lowest BCUT2D eigenvalue weighted by molar-refractivity contribution is 0.0802. The van der Waals surface area contributed by atoms with E-state index in [2.05, 4.69) is 4.98 Å². The number of aryl methyl sites for hydroxylation is 2. The average Bonchev–Trinajstić information content (AvgIpc) is 2.17. The molecule has 0 aliphatic heterocycles. The third-order valence-electron chi connectivity index (χ3n) is 2.22. The average molecular weight is 227 g/mol. The highest BCUT2D eigenvalue weighted by Gasteiger charge is 2.13. The van der Waals surface area contributed by atoms with Crippen LogP contribution < -0.4 is 0 Å². The molecule has 0 N–H and O–H groups in total. The van der Waals surface area contributed by atoms with E-state index in [9.17, 15) is 4.79 Å². The van der Waals surface area contributed by atoms with E-state index in [0.29, 0.717) is 18.0 Å². The normalized spacial score (nSPS) is 10.1. The summed E-state index contributed by atoms with van der Waals surface area (Å²) in [4.78, 5) is 17.8. The van der Waals surface area contributed by atoms with Crippen molar-refractivity contribution in [3.05, 3.63) is 29.1 Å². The second kappa shape index (κ2) is 5.12. The molecule has 0 aliphatic carbocycles. The van der Waals surface area contributed by atoms with Crippen LogP contribution in [0, 0.1) is 13.8 Å². The largest absolute Gasteiger partial charge is 0.340 e. The van der Waals surface area contributed by atoms with Crippen LogP contribution >= 0.6 is 11.6 Å². The number of hydrogen-bond donors (Lipinski definition) is 0. The molecule has 1 aromatic heterocycles. The van der Waals surface area contributed by atoms with Gasteiger partial charge in [-0.2, -0.15) is 0 Å². The summed E-state index contributed by atoms with van der Waals surface area (Å²) >= 11 is 5.58. The molecular weight excluding hydrogens is 212 g/mol. The molecule has 1 heterocycles. The van der Waals surface area contributed by atoms with Gasteiger partial charge in [0.1, 0.15) is 0 Å². The first-order valence-electron chi connectivity index (χ1n) is 4.82. The Morgan fingerprint density at radius 2 is 2.13 bits per heavy atom. The Kier molecular flexibility index (Phi) is 4.09. The number of nitrogens with zero attached hydrogens (tertiary/aromatic N) is 2. The number of carbonyl (C=O) groups is 1. The van der Waals surface area contributed by atoms with Gasteiger partial charge in [0, 0.05) is 25.2 Å². The molecule has 0 fully saturated rings. The fourth-order valence-electron chi connectivity index (χ4n) is 1.35. The molecule has 4 heteroatoms. The van der Waals surface area contributed by atoms with Crippen molar-refractivity contribution in [2.45, 2.75) is 13.8 Å². The molecule has 0 unspecified atom stereocenters. The number of hydrogen-bond acceptors (Lipinski definition) is 2. The van der Waals surface area contributed by atoms with Gasteiger partial charge in [-0.25, -0.2) is 0 Å². The number of halogens is 1. The molecule has 0 saturated heterocycles. The Morgan fingerprint density at radius 1 is 1.47 bits per heavy atom. The highest BCUT2D eigenvalue weighted by Crippen LogP contribution is 2.09. The predicted molar refractivity (Wildman–Crippen MR) is 61.4 cm³/mol. The third kappa shape index (κ3) is 2.93. The number of aromatic nitrogens is 1. The Hall–Kier alpha value is -1.09. The molecule has 0 bridgehead atoms. The zero-order chi connectivity index (χ0) is 11.4. The summed E-state index contributed by atoms with van der Waals surface area (Å²) in [7, 11) is 1.74. The first-order chi connectivity index (χ1) is 7.06. The van der Waals surface area contributed by atoms with Crippen LogP contribution in [0.3, 0.4) is 0 Å². The van der Waals surface area contributed by atoms with Gasteiger partial charge in [-0.3, -0.25) is 9.78 Å². The summed E-state index contributed by atoms with van der Waals surface area (Å²) in [6.45, 7) is 4.30. The van der Waals surface area contributed by atoms with Crippen LogP contribution in [0.25, 0.3) is 0 Å². The van der Waals surface area contributed by atoms with Gasteiger partial charge >= 0.3 is 0 Å². The molecular formula is C11H15ClN2O. The highest BCUT2D eigenvalue weighted by molar-refractivity contribution is 6.18. The van der Waals surface area contributed by atoms with Gasteiger partial charge in [0.05, 0.1) is 11.3 Å². The van der Waals surface area contributed by atoms with E-state index in [1.54, 1.807) is 11.9 Å². The standard InChI is InChI=1S/C11H15ClN2O/c1-8-4-5-10(9(2)13-8)11(15)14(3)7-6-12/h4-5H,6-7H2,1-3H3. The maximum atomic E-state index is 11.9. The number of rotatable bonds is 3. The van der Waals surface area contributed by atoms with Crippen molar-refractivity contribution in [2.75, 3.05) is 19.5 Å². The van der Waals surface area contributed by atoms with Crippen molar-refractivity contribution in [3.63, 3.8) is 0 Å². The quantitative estimate of drug-likeness (QED) is 0.739. The van der Waals surface area contributed by atoms with Crippen LogP contribution in [-0.2, 0) is 0 Å². The van der Waals surface area contributed by atoms with Crippen molar-refractivity contribution in [2.24, 2.45) is 0 Å². The molecule has 82 valence electrons. The summed E-state index contributed by atoms with van der Waals surface area (Å²) in [5, 5.41) is 0. The van der Waals surface area contributed by atoms with E-state index >= 15 is 0 Å². The van der Waals surface area contributed by atoms with E-state index in [1.807, 2.05) is 26.0 Å². The van der Waals surface area contributed by atoms with Crippen LogP contribution in [0.15, 0.2) is 12.1 Å². The molecule has 0 atom stereocenters. The topological polar surface area (TPSA) is 33.2 Å². The van der Waals surface area contributed by atoms with E-state index < -0.39 is 0 Å². The molecule has 0 saturated carbocycles. The monoisotopic (exact) mass is 226 g/mol. The summed E-state index contributed by atoms with van der Waals surface area (Å²) < 4.78 is 0. The van der Waals surface area contributed by atoms with Crippen LogP contribution in [0.1, 0.15) is 21.7 Å². The SMILES string of the molecule is Cc1ccc(C(=O)N(C)CCCl)c(C)n1. The van der Waals surface area contributed by atoms with Crippen LogP contribution in [-0.4, -0.2) is 35.3 Å². The lowest BCUT2D eigenvalue weighted by Gasteiger charge is -2.16. The maximum absolute atomic E-state index is 11.9. The van der Waals surface area contributed by atoms with Gasteiger partial charge in [-0.05, 0) is 26.0 Å². The Labute approximate surface area is 95.1 Å². The zero-order valence-corrected chi connectivity index (χ0v) is 10.0. The summed E-state index contributed by atoms with van der Waals surface area (Å²) in [5.74, 6) is 0.418. The number of pyridine rings is 1. The summed E-state index contributed by atoms with van der Waals surface area (Å²) in [6, 6.07) is 3.65. The molecule has 15 heavy (non-hydrogen) atoms. The van der Waals surface area contributed by atoms with Crippen molar-refractivity contribution in [1.29, 1.82) is 0 Å². The maximum Gasteiger partial charge on any atom is 0.255 e. The molecule has 1 rings (SSSR count). The van der Waals surface area contributed by atoms with Gasteiger partial charge < -0.3 is 4.90 Å². The minimum Gasteiger partial charge on any atom is -0.340 e. The van der Waals surface area contributed by atoms with Crippen molar-refractivity contribution in [1.82, 2.24) is 9.88 Å². The van der Waals surface area contributed by atoms with Crippen LogP contribution in [0.2, 0.25) is 0 Å². The number of alkyl halides is 1. The second-order valence-corrected chi connectivity index (χ2v) is 3.88. The van der Waals surface area contributed by atoms with Gasteiger partial charge in [0.2, 0.25) is 0 Å². The summed E-state index contributed by atoms with van der Waals surface area (Å²) in [5.41, 5.74) is 2.33. The minimum atomic E-state index is -0.0272. The van der Waals surface area contributed by atoms with Gasteiger partial charge in [-0.1, -0.05) is 0 Å². The van der Waals surface area contributed by atoms with Gasteiger partial charge in [-0.15, -0.1) is 11.6 Å². The molecule has 0 radical (unpaired) electrons. The lowest BCUT2D eigenvalue weighted by atomic mass is 10.1. The van der Waals surface area contributed by atoms with Crippen molar-refractivity contribution in [3.8, 4) is 0 Å². The van der Waals surface area contributed by atoms with E-state index in [-0.39, 0.29) is 5.91 Å². The molecule has 3 nitrogen and oxygen atoms in total. The Bertz CT molecular complexity index is 366. The third-order valence-corrected chi connectivity index (χ3v) is 2.39. The fourth-order valence-corrected chi connectivity index (χ4v) is 1.60. The minimum absolute atomic E-state index is 0.0272. The summed E-state index contributed by atoms with van der Waals surface area (Å²) in [6.07, 6.45) is 0. The first-order valence-corrected chi connectivity index (χ1v) is 5.35. The van der Waals surface area contributed by atoms with E-state index in [0.717, 1.165) is 11.4 Å². The molecule has 1 aromatic rings. The van der Waals surface area contributed by atoms with Gasteiger partial charge in [0.25, 0.3) is 5.91 Å². The zero-order valence-electron chi connectivity index (χ0n) is 9.25. The molecule has 0 aromatic carbocycles. The van der Waals surface area contributed by atoms with Crippen LogP contribution in [0.4, 0.5) is 0 Å². The molecule has 0 aliphatic rings. The lowest BCUT2D eigenvalue weighted by Crippen LogP contribution is -2.29. The fraction of sp³-hybridized carbons (Fsp3) is 0.455. The molecule has 0 spiro atoms. The first kappa shape index (κ1) is 12.0.